The van der Waals surface area contributed by atoms with Gasteiger partial charge in [0.1, 0.15) is 5.52 Å². The lowest BCUT2D eigenvalue weighted by molar-refractivity contribution is 0.103. The second kappa shape index (κ2) is 5.94. The van der Waals surface area contributed by atoms with E-state index in [1.165, 1.54) is 11.3 Å². The van der Waals surface area contributed by atoms with Crippen molar-refractivity contribution in [3.63, 3.8) is 0 Å². The van der Waals surface area contributed by atoms with Crippen LogP contribution in [0.5, 0.6) is 0 Å². The zero-order valence-corrected chi connectivity index (χ0v) is 13.8. The molecule has 1 N–H and O–H groups in total. The summed E-state index contributed by atoms with van der Waals surface area (Å²) < 4.78 is 5.82. The fraction of sp³-hybridized carbons (Fsp3) is 0.0526. The summed E-state index contributed by atoms with van der Waals surface area (Å²) in [6.07, 6.45) is 0. The molecule has 0 aliphatic carbocycles. The molecule has 2 heterocycles. The summed E-state index contributed by atoms with van der Waals surface area (Å²) >= 11 is 1.41. The fourth-order valence-electron chi connectivity index (χ4n) is 2.51. The first-order valence-corrected chi connectivity index (χ1v) is 8.39. The third-order valence-corrected chi connectivity index (χ3v) is 4.52. The Kier molecular flexibility index (Phi) is 3.63. The van der Waals surface area contributed by atoms with Crippen molar-refractivity contribution in [3.05, 3.63) is 70.4 Å². The van der Waals surface area contributed by atoms with Gasteiger partial charge in [-0.2, -0.15) is 0 Å². The van der Waals surface area contributed by atoms with Gasteiger partial charge in [-0.1, -0.05) is 23.8 Å². The Balaban J connectivity index is 1.65. The lowest BCUT2D eigenvalue weighted by Crippen LogP contribution is -2.09. The normalized spacial score (nSPS) is 10.9. The van der Waals surface area contributed by atoms with E-state index in [0.717, 1.165) is 16.6 Å². The standard InChI is InChI=1S/C19H14N2O2S/c1-12-4-2-5-13(10-12)19-21-15-11-14(7-8-16(15)23-19)20-18(22)17-6-3-9-24-17/h2-11H,1H3,(H,20,22). The first-order chi connectivity index (χ1) is 11.7. The number of hydrogen-bond acceptors (Lipinski definition) is 4. The number of nitrogens with zero attached hydrogens (tertiary/aromatic N) is 1. The number of hydrogen-bond donors (Lipinski definition) is 1. The number of carbonyl (C=O) groups is 1. The fourth-order valence-corrected chi connectivity index (χ4v) is 3.13. The van der Waals surface area contributed by atoms with Crippen molar-refractivity contribution in [3.8, 4) is 11.5 Å². The maximum atomic E-state index is 12.1. The highest BCUT2D eigenvalue weighted by Crippen LogP contribution is 2.27. The highest BCUT2D eigenvalue weighted by Gasteiger charge is 2.11. The second-order valence-corrected chi connectivity index (χ2v) is 6.45. The third kappa shape index (κ3) is 2.81. The Labute approximate surface area is 142 Å². The molecule has 2 aromatic heterocycles. The molecule has 4 rings (SSSR count). The van der Waals surface area contributed by atoms with E-state index in [2.05, 4.69) is 10.3 Å². The van der Waals surface area contributed by atoms with Gasteiger partial charge in [0, 0.05) is 11.3 Å². The number of nitrogens with one attached hydrogen (secondary N) is 1. The van der Waals surface area contributed by atoms with Crippen molar-refractivity contribution in [1.29, 1.82) is 0 Å². The SMILES string of the molecule is Cc1cccc(-c2nc3cc(NC(=O)c4cccs4)ccc3o2)c1. The zero-order chi connectivity index (χ0) is 16.5. The molecule has 0 unspecified atom stereocenters. The second-order valence-electron chi connectivity index (χ2n) is 5.50. The van der Waals surface area contributed by atoms with E-state index in [1.807, 2.05) is 60.8 Å². The van der Waals surface area contributed by atoms with Gasteiger partial charge in [0.2, 0.25) is 5.89 Å². The van der Waals surface area contributed by atoms with Crippen LogP contribution < -0.4 is 5.32 Å². The smallest absolute Gasteiger partial charge is 0.265 e. The van der Waals surface area contributed by atoms with E-state index < -0.39 is 0 Å². The summed E-state index contributed by atoms with van der Waals surface area (Å²) in [6, 6.07) is 17.1. The van der Waals surface area contributed by atoms with Gasteiger partial charge in [0.05, 0.1) is 4.88 Å². The maximum Gasteiger partial charge on any atom is 0.265 e. The van der Waals surface area contributed by atoms with E-state index in [0.29, 0.717) is 22.0 Å². The molecule has 0 fully saturated rings. The number of anilines is 1. The zero-order valence-electron chi connectivity index (χ0n) is 12.9. The monoisotopic (exact) mass is 334 g/mol. The van der Waals surface area contributed by atoms with Gasteiger partial charge in [0.25, 0.3) is 5.91 Å². The van der Waals surface area contributed by atoms with Crippen LogP contribution >= 0.6 is 11.3 Å². The van der Waals surface area contributed by atoms with Gasteiger partial charge in [-0.15, -0.1) is 11.3 Å². The third-order valence-electron chi connectivity index (χ3n) is 3.66. The summed E-state index contributed by atoms with van der Waals surface area (Å²) in [7, 11) is 0. The van der Waals surface area contributed by atoms with E-state index in [1.54, 1.807) is 6.07 Å². The Morgan fingerprint density at radius 1 is 1.12 bits per heavy atom. The number of rotatable bonds is 3. The largest absolute Gasteiger partial charge is 0.436 e. The van der Waals surface area contributed by atoms with Crippen molar-refractivity contribution in [2.45, 2.75) is 6.92 Å². The average Bonchev–Trinajstić information content (AvgIpc) is 3.24. The summed E-state index contributed by atoms with van der Waals surface area (Å²) in [5, 5.41) is 4.76. The molecule has 0 saturated carbocycles. The van der Waals surface area contributed by atoms with Crippen LogP contribution in [0.1, 0.15) is 15.2 Å². The minimum absolute atomic E-state index is 0.119. The number of aryl methyl sites for hydroxylation is 1. The molecule has 118 valence electrons. The number of benzene rings is 2. The van der Waals surface area contributed by atoms with Crippen molar-refractivity contribution in [1.82, 2.24) is 4.98 Å². The Morgan fingerprint density at radius 2 is 2.04 bits per heavy atom. The molecular formula is C19H14N2O2S. The number of carbonyl (C=O) groups excluding carboxylic acids is 1. The molecule has 0 bridgehead atoms. The van der Waals surface area contributed by atoms with Crippen LogP contribution in [0.15, 0.2) is 64.4 Å². The highest BCUT2D eigenvalue weighted by molar-refractivity contribution is 7.12. The molecule has 0 aliphatic heterocycles. The van der Waals surface area contributed by atoms with E-state index in [-0.39, 0.29) is 5.91 Å². The van der Waals surface area contributed by atoms with Crippen LogP contribution in [0.4, 0.5) is 5.69 Å². The molecule has 0 aliphatic rings. The molecule has 4 aromatic rings. The number of thiophene rings is 1. The van der Waals surface area contributed by atoms with Crippen LogP contribution in [0.25, 0.3) is 22.6 Å². The number of aromatic nitrogens is 1. The quantitative estimate of drug-likeness (QED) is 0.566. The first kappa shape index (κ1) is 14.7. The van der Waals surface area contributed by atoms with Crippen molar-refractivity contribution in [2.24, 2.45) is 0 Å². The number of fused-ring (bicyclic) bond motifs is 1. The molecule has 1 amide bonds. The minimum Gasteiger partial charge on any atom is -0.436 e. The van der Waals surface area contributed by atoms with E-state index in [4.69, 9.17) is 4.42 Å². The molecule has 0 atom stereocenters. The van der Waals surface area contributed by atoms with Gasteiger partial charge in [-0.05, 0) is 48.7 Å². The summed E-state index contributed by atoms with van der Waals surface area (Å²) in [4.78, 5) is 17.3. The minimum atomic E-state index is -0.119. The number of amides is 1. The van der Waals surface area contributed by atoms with Gasteiger partial charge >= 0.3 is 0 Å². The lowest BCUT2D eigenvalue weighted by Gasteiger charge is -2.02. The van der Waals surface area contributed by atoms with E-state index >= 15 is 0 Å². The predicted octanol–water partition coefficient (Wildman–Crippen LogP) is 5.12. The number of oxazole rings is 1. The van der Waals surface area contributed by atoms with Gasteiger partial charge in [-0.25, -0.2) is 4.98 Å². The Morgan fingerprint density at radius 3 is 2.83 bits per heavy atom. The highest BCUT2D eigenvalue weighted by atomic mass is 32.1. The van der Waals surface area contributed by atoms with Crippen molar-refractivity contribution >= 4 is 34.0 Å². The first-order valence-electron chi connectivity index (χ1n) is 7.51. The molecule has 4 nitrogen and oxygen atoms in total. The molecular weight excluding hydrogens is 320 g/mol. The summed E-state index contributed by atoms with van der Waals surface area (Å²) in [5.41, 5.74) is 4.20. The van der Waals surface area contributed by atoms with Crippen LogP contribution in [-0.2, 0) is 0 Å². The van der Waals surface area contributed by atoms with Crippen LogP contribution in [-0.4, -0.2) is 10.9 Å². The predicted molar refractivity (Wildman–Crippen MR) is 96.5 cm³/mol. The van der Waals surface area contributed by atoms with Gasteiger partial charge < -0.3 is 9.73 Å². The maximum absolute atomic E-state index is 12.1. The van der Waals surface area contributed by atoms with Gasteiger partial charge in [0.15, 0.2) is 5.58 Å². The lowest BCUT2D eigenvalue weighted by atomic mass is 10.1. The van der Waals surface area contributed by atoms with Crippen LogP contribution in [0, 0.1) is 6.92 Å². The summed E-state index contributed by atoms with van der Waals surface area (Å²) in [5.74, 6) is 0.460. The molecule has 0 saturated heterocycles. The van der Waals surface area contributed by atoms with Crippen molar-refractivity contribution < 1.29 is 9.21 Å². The van der Waals surface area contributed by atoms with E-state index in [9.17, 15) is 4.79 Å². The molecule has 0 spiro atoms. The molecule has 0 radical (unpaired) electrons. The van der Waals surface area contributed by atoms with Crippen LogP contribution in [0.2, 0.25) is 0 Å². The topological polar surface area (TPSA) is 55.1 Å². The Hall–Kier alpha value is -2.92. The molecule has 2 aromatic carbocycles. The van der Waals surface area contributed by atoms with Gasteiger partial charge in [-0.3, -0.25) is 4.79 Å². The van der Waals surface area contributed by atoms with Crippen molar-refractivity contribution in [2.75, 3.05) is 5.32 Å². The molecule has 5 heteroatoms. The Bertz CT molecular complexity index is 1020. The summed E-state index contributed by atoms with van der Waals surface area (Å²) in [6.45, 7) is 2.03. The van der Waals surface area contributed by atoms with Crippen LogP contribution in [0.3, 0.4) is 0 Å². The average molecular weight is 334 g/mol. The molecule has 24 heavy (non-hydrogen) atoms.